The van der Waals surface area contributed by atoms with Crippen LogP contribution in [0.2, 0.25) is 0 Å². The summed E-state index contributed by atoms with van der Waals surface area (Å²) in [5, 5.41) is 8.90. The van der Waals surface area contributed by atoms with Crippen LogP contribution in [0.3, 0.4) is 0 Å². The van der Waals surface area contributed by atoms with Gasteiger partial charge in [-0.05, 0) is 53.0 Å². The quantitative estimate of drug-likeness (QED) is 0.635. The molecule has 0 N–H and O–H groups in total. The fourth-order valence-corrected chi connectivity index (χ4v) is 3.85. The summed E-state index contributed by atoms with van der Waals surface area (Å²) in [4.78, 5) is 27.4. The van der Waals surface area contributed by atoms with E-state index in [1.165, 1.54) is 0 Å². The second-order valence-electron chi connectivity index (χ2n) is 7.80. The van der Waals surface area contributed by atoms with Gasteiger partial charge < -0.3 is 9.64 Å². The number of carbonyl (C=O) groups excluding carboxylic acids is 2. The lowest BCUT2D eigenvalue weighted by atomic mass is 10.1. The highest BCUT2D eigenvalue weighted by molar-refractivity contribution is 5.93. The number of aromatic nitrogens is 4. The summed E-state index contributed by atoms with van der Waals surface area (Å²) in [6.07, 6.45) is 0.764. The summed E-state index contributed by atoms with van der Waals surface area (Å²) in [5.74, 6) is -0.203. The smallest absolute Gasteiger partial charge is 0.309 e. The third-order valence-corrected chi connectivity index (χ3v) is 5.68. The van der Waals surface area contributed by atoms with E-state index < -0.39 is 0 Å². The Bertz CT molecular complexity index is 914. The van der Waals surface area contributed by atoms with E-state index in [4.69, 9.17) is 4.74 Å². The molecule has 1 aliphatic rings. The molecule has 2 aromatic rings. The van der Waals surface area contributed by atoms with Gasteiger partial charge in [-0.1, -0.05) is 0 Å². The fourth-order valence-electron chi connectivity index (χ4n) is 3.85. The number of rotatable bonds is 8. The summed E-state index contributed by atoms with van der Waals surface area (Å²) < 4.78 is 8.73. The number of hydrogen-bond acceptors (Lipinski definition) is 5. The Morgan fingerprint density at radius 3 is 2.55 bits per heavy atom. The van der Waals surface area contributed by atoms with Crippen molar-refractivity contribution in [3.05, 3.63) is 34.4 Å². The Morgan fingerprint density at radius 1 is 1.24 bits per heavy atom. The summed E-state index contributed by atoms with van der Waals surface area (Å²) in [6, 6.07) is 1.83. The molecule has 2 heterocycles. The van der Waals surface area contributed by atoms with Gasteiger partial charge in [0, 0.05) is 37.9 Å². The van der Waals surface area contributed by atoms with Gasteiger partial charge >= 0.3 is 5.97 Å². The first kappa shape index (κ1) is 21.1. The van der Waals surface area contributed by atoms with E-state index >= 15 is 0 Å². The number of aryl methyl sites for hydroxylation is 4. The first-order valence-corrected chi connectivity index (χ1v) is 10.3. The molecule has 2 atom stereocenters. The number of nitrogens with zero attached hydrogens (tertiary/aromatic N) is 5. The van der Waals surface area contributed by atoms with Crippen molar-refractivity contribution in [1.29, 1.82) is 0 Å². The first-order valence-electron chi connectivity index (χ1n) is 10.3. The van der Waals surface area contributed by atoms with Crippen LogP contribution in [0.5, 0.6) is 0 Å². The molecule has 2 aromatic heterocycles. The van der Waals surface area contributed by atoms with Crippen LogP contribution in [0.4, 0.5) is 0 Å². The van der Waals surface area contributed by atoms with E-state index in [1.54, 1.807) is 4.68 Å². The molecule has 158 valence electrons. The first-order chi connectivity index (χ1) is 13.8. The van der Waals surface area contributed by atoms with Crippen LogP contribution in [0.25, 0.3) is 0 Å². The van der Waals surface area contributed by atoms with E-state index in [1.807, 2.05) is 57.3 Å². The molecule has 1 fully saturated rings. The highest BCUT2D eigenvalue weighted by Gasteiger charge is 2.45. The maximum Gasteiger partial charge on any atom is 0.309 e. The largest absolute Gasteiger partial charge is 0.466 e. The third kappa shape index (κ3) is 4.36. The van der Waals surface area contributed by atoms with Crippen LogP contribution in [-0.4, -0.2) is 49.5 Å². The molecular formula is C21H31N5O3. The summed E-state index contributed by atoms with van der Waals surface area (Å²) in [7, 11) is 1.91. The minimum absolute atomic E-state index is 0.0652. The fraction of sp³-hybridized carbons (Fsp3) is 0.619. The zero-order chi connectivity index (χ0) is 21.3. The summed E-state index contributed by atoms with van der Waals surface area (Å²) >= 11 is 0. The molecule has 1 saturated carbocycles. The van der Waals surface area contributed by atoms with Crippen molar-refractivity contribution in [3.63, 3.8) is 0 Å². The predicted molar refractivity (Wildman–Crippen MR) is 108 cm³/mol. The average molecular weight is 402 g/mol. The topological polar surface area (TPSA) is 82.2 Å². The highest BCUT2D eigenvalue weighted by Crippen LogP contribution is 2.40. The van der Waals surface area contributed by atoms with Crippen LogP contribution >= 0.6 is 0 Å². The van der Waals surface area contributed by atoms with E-state index in [0.717, 1.165) is 29.1 Å². The Balaban J connectivity index is 1.85. The van der Waals surface area contributed by atoms with Crippen molar-refractivity contribution < 1.29 is 14.3 Å². The molecule has 1 aliphatic carbocycles. The zero-order valence-corrected chi connectivity index (χ0v) is 18.2. The minimum atomic E-state index is -0.159. The molecule has 8 nitrogen and oxygen atoms in total. The van der Waals surface area contributed by atoms with E-state index in [9.17, 15) is 9.59 Å². The molecule has 3 rings (SSSR count). The SMILES string of the molecule is CCOC(=O)[C@@H]1C[C@H]1CN(Cc1c(C)nn(C)c1C)C(=O)c1cc(C)nn1CC. The molecular weight excluding hydrogens is 370 g/mol. The second kappa shape index (κ2) is 8.39. The van der Waals surface area contributed by atoms with Crippen molar-refractivity contribution in [3.8, 4) is 0 Å². The number of esters is 1. The second-order valence-corrected chi connectivity index (χ2v) is 7.80. The Hall–Kier alpha value is -2.64. The van der Waals surface area contributed by atoms with E-state index in [-0.39, 0.29) is 23.7 Å². The van der Waals surface area contributed by atoms with Crippen molar-refractivity contribution in [2.24, 2.45) is 18.9 Å². The average Bonchev–Trinajstić information content (AvgIpc) is 3.28. The molecule has 1 amide bonds. The molecule has 0 radical (unpaired) electrons. The molecule has 0 bridgehead atoms. The minimum Gasteiger partial charge on any atom is -0.466 e. The number of hydrogen-bond donors (Lipinski definition) is 0. The number of ether oxygens (including phenoxy) is 1. The molecule has 0 spiro atoms. The monoisotopic (exact) mass is 401 g/mol. The van der Waals surface area contributed by atoms with Gasteiger partial charge in [0.25, 0.3) is 5.91 Å². The van der Waals surface area contributed by atoms with Crippen molar-refractivity contribution in [2.45, 2.75) is 54.1 Å². The maximum atomic E-state index is 13.5. The third-order valence-electron chi connectivity index (χ3n) is 5.68. The van der Waals surface area contributed by atoms with Gasteiger partial charge in [-0.15, -0.1) is 0 Å². The van der Waals surface area contributed by atoms with Gasteiger partial charge in [0.1, 0.15) is 5.69 Å². The molecule has 0 saturated heterocycles. The number of amides is 1. The molecule has 0 aromatic carbocycles. The van der Waals surface area contributed by atoms with Crippen LogP contribution in [-0.2, 0) is 29.7 Å². The van der Waals surface area contributed by atoms with Gasteiger partial charge in [-0.2, -0.15) is 10.2 Å². The van der Waals surface area contributed by atoms with Crippen LogP contribution in [0, 0.1) is 32.6 Å². The van der Waals surface area contributed by atoms with Gasteiger partial charge in [0.05, 0.1) is 23.9 Å². The highest BCUT2D eigenvalue weighted by atomic mass is 16.5. The van der Waals surface area contributed by atoms with E-state index in [0.29, 0.717) is 31.9 Å². The molecule has 0 unspecified atom stereocenters. The number of carbonyl (C=O) groups is 2. The Morgan fingerprint density at radius 2 is 1.97 bits per heavy atom. The molecule has 8 heteroatoms. The maximum absolute atomic E-state index is 13.5. The van der Waals surface area contributed by atoms with Gasteiger partial charge in [0.2, 0.25) is 0 Å². The van der Waals surface area contributed by atoms with Crippen LogP contribution in [0.1, 0.15) is 53.4 Å². The van der Waals surface area contributed by atoms with Gasteiger partial charge in [-0.3, -0.25) is 19.0 Å². The molecule has 29 heavy (non-hydrogen) atoms. The Labute approximate surface area is 171 Å². The lowest BCUT2D eigenvalue weighted by molar-refractivity contribution is -0.145. The van der Waals surface area contributed by atoms with Crippen LogP contribution < -0.4 is 0 Å². The standard InChI is InChI=1S/C21H31N5O3/c1-7-26-19(9-13(3)22-26)20(27)25(11-16-10-17(16)21(28)29-8-2)12-18-14(4)23-24(6)15(18)5/h9,16-17H,7-8,10-12H2,1-6H3/t16-,17+/m0/s1. The summed E-state index contributed by atoms with van der Waals surface area (Å²) in [5.41, 5.74) is 4.41. The normalized spacial score (nSPS) is 18.0. The lowest BCUT2D eigenvalue weighted by Gasteiger charge is -2.23. The van der Waals surface area contributed by atoms with Gasteiger partial charge in [-0.25, -0.2) is 0 Å². The van der Waals surface area contributed by atoms with E-state index in [2.05, 4.69) is 10.2 Å². The summed E-state index contributed by atoms with van der Waals surface area (Å²) in [6.45, 7) is 11.6. The zero-order valence-electron chi connectivity index (χ0n) is 18.2. The van der Waals surface area contributed by atoms with Gasteiger partial charge in [0.15, 0.2) is 0 Å². The van der Waals surface area contributed by atoms with Crippen molar-refractivity contribution in [2.75, 3.05) is 13.2 Å². The Kier molecular flexibility index (Phi) is 6.10. The predicted octanol–water partition coefficient (Wildman–Crippen LogP) is 2.40. The van der Waals surface area contributed by atoms with Crippen LogP contribution in [0.15, 0.2) is 6.07 Å². The van der Waals surface area contributed by atoms with Crippen molar-refractivity contribution in [1.82, 2.24) is 24.5 Å². The lowest BCUT2D eigenvalue weighted by Crippen LogP contribution is -2.35. The molecule has 0 aliphatic heterocycles. The van der Waals surface area contributed by atoms with Crippen molar-refractivity contribution >= 4 is 11.9 Å².